The van der Waals surface area contributed by atoms with Crippen LogP contribution < -0.4 is 10.5 Å². The van der Waals surface area contributed by atoms with Gasteiger partial charge in [0.2, 0.25) is 5.91 Å². The third-order valence-electron chi connectivity index (χ3n) is 5.87. The number of esters is 1. The van der Waals surface area contributed by atoms with E-state index in [9.17, 15) is 14.4 Å². The van der Waals surface area contributed by atoms with Gasteiger partial charge in [0.25, 0.3) is 0 Å². The zero-order valence-electron chi connectivity index (χ0n) is 20.2. The van der Waals surface area contributed by atoms with Crippen LogP contribution in [0.2, 0.25) is 0 Å². The molecule has 1 atom stereocenters. The van der Waals surface area contributed by atoms with Gasteiger partial charge in [-0.05, 0) is 55.8 Å². The lowest BCUT2D eigenvalue weighted by atomic mass is 10.0. The topological polar surface area (TPSA) is 117 Å². The number of carbonyl (C=O) groups is 3. The number of hydrogen-bond acceptors (Lipinski definition) is 7. The quantitative estimate of drug-likeness (QED) is 0.289. The van der Waals surface area contributed by atoms with Crippen LogP contribution in [0.4, 0.5) is 5.82 Å². The van der Waals surface area contributed by atoms with Crippen LogP contribution in [0, 0.1) is 0 Å². The molecule has 0 radical (unpaired) electrons. The van der Waals surface area contributed by atoms with E-state index >= 15 is 0 Å². The molecule has 1 aliphatic heterocycles. The number of hydrogen-bond donors (Lipinski definition) is 1. The van der Waals surface area contributed by atoms with E-state index < -0.39 is 5.97 Å². The zero-order chi connectivity index (χ0) is 25.7. The Hall–Kier alpha value is -4.40. The number of nitrogens with zero attached hydrogens (tertiary/aromatic N) is 3. The number of nitrogens with two attached hydrogens (primary N) is 1. The van der Waals surface area contributed by atoms with Crippen LogP contribution in [0.3, 0.4) is 0 Å². The summed E-state index contributed by atoms with van der Waals surface area (Å²) in [6.07, 6.45) is 3.55. The standard InChI is InChI=1S/C27H28N4O5/c1-18(32)25-26(20-10-12-23(13-11-20)36-22-7-4-3-5-8-22)29-31(27(25)28)21-14-15-30(17-21)24(34)9-6-16-35-19(2)33/h3-13,21H,14-17,28H2,1-2H3/b9-6+/t21-/m1/s1. The molecule has 1 aromatic heterocycles. The number of ketones is 1. The minimum Gasteiger partial charge on any atom is -0.462 e. The molecule has 0 spiro atoms. The van der Waals surface area contributed by atoms with Gasteiger partial charge in [-0.2, -0.15) is 5.10 Å². The van der Waals surface area contributed by atoms with Gasteiger partial charge in [0.05, 0.1) is 11.6 Å². The van der Waals surface area contributed by atoms with Crippen molar-refractivity contribution in [2.75, 3.05) is 25.4 Å². The van der Waals surface area contributed by atoms with Gasteiger partial charge in [0.15, 0.2) is 5.78 Å². The van der Waals surface area contributed by atoms with Crippen molar-refractivity contribution in [2.45, 2.75) is 26.3 Å². The van der Waals surface area contributed by atoms with Gasteiger partial charge in [-0.3, -0.25) is 14.4 Å². The second-order valence-corrected chi connectivity index (χ2v) is 8.48. The molecule has 186 valence electrons. The molecule has 1 aliphatic rings. The van der Waals surface area contributed by atoms with E-state index in [1.807, 2.05) is 54.6 Å². The maximum Gasteiger partial charge on any atom is 0.302 e. The summed E-state index contributed by atoms with van der Waals surface area (Å²) in [4.78, 5) is 37.5. The predicted molar refractivity (Wildman–Crippen MR) is 135 cm³/mol. The van der Waals surface area contributed by atoms with E-state index in [1.165, 1.54) is 26.0 Å². The van der Waals surface area contributed by atoms with E-state index in [0.29, 0.717) is 36.5 Å². The number of anilines is 1. The normalized spacial score (nSPS) is 15.3. The molecule has 0 aliphatic carbocycles. The Morgan fingerprint density at radius 3 is 2.42 bits per heavy atom. The number of Topliss-reactive ketones (excluding diaryl/α,β-unsaturated/α-hetero) is 1. The summed E-state index contributed by atoms with van der Waals surface area (Å²) in [6.45, 7) is 3.75. The van der Waals surface area contributed by atoms with Gasteiger partial charge in [0, 0.05) is 31.7 Å². The highest BCUT2D eigenvalue weighted by atomic mass is 16.5. The van der Waals surface area contributed by atoms with E-state index in [1.54, 1.807) is 9.58 Å². The molecule has 2 aromatic carbocycles. The summed E-state index contributed by atoms with van der Waals surface area (Å²) in [5.41, 5.74) is 7.99. The van der Waals surface area contributed by atoms with E-state index in [2.05, 4.69) is 0 Å². The summed E-state index contributed by atoms with van der Waals surface area (Å²) < 4.78 is 12.3. The first-order chi connectivity index (χ1) is 17.3. The maximum absolute atomic E-state index is 12.5. The third kappa shape index (κ3) is 5.63. The number of benzene rings is 2. The summed E-state index contributed by atoms with van der Waals surface area (Å²) >= 11 is 0. The van der Waals surface area contributed by atoms with Crippen LogP contribution in [0.1, 0.15) is 36.7 Å². The monoisotopic (exact) mass is 488 g/mol. The second kappa shape index (κ2) is 10.9. The summed E-state index contributed by atoms with van der Waals surface area (Å²) in [5.74, 6) is 0.900. The van der Waals surface area contributed by atoms with Crippen LogP contribution in [0.5, 0.6) is 11.5 Å². The lowest BCUT2D eigenvalue weighted by Crippen LogP contribution is -2.28. The lowest BCUT2D eigenvalue weighted by Gasteiger charge is -2.15. The Labute approximate surface area is 209 Å². The molecule has 4 rings (SSSR count). The van der Waals surface area contributed by atoms with Crippen molar-refractivity contribution in [3.8, 4) is 22.8 Å². The van der Waals surface area contributed by atoms with Crippen molar-refractivity contribution < 1.29 is 23.9 Å². The zero-order valence-corrected chi connectivity index (χ0v) is 20.2. The van der Waals surface area contributed by atoms with E-state index in [0.717, 1.165) is 11.3 Å². The molecule has 1 fully saturated rings. The smallest absolute Gasteiger partial charge is 0.302 e. The van der Waals surface area contributed by atoms with Crippen LogP contribution in [0.25, 0.3) is 11.3 Å². The molecule has 3 aromatic rings. The first kappa shape index (κ1) is 24.7. The molecule has 0 unspecified atom stereocenters. The SMILES string of the molecule is CC(=O)OC/C=C/C(=O)N1CC[C@@H](n2nc(-c3ccc(Oc4ccccc4)cc3)c(C(C)=O)c2N)C1. The molecular formula is C27H28N4O5. The Balaban J connectivity index is 1.51. The van der Waals surface area contributed by atoms with E-state index in [4.69, 9.17) is 20.3 Å². The minimum absolute atomic E-state index is 0.0466. The number of rotatable bonds is 8. The molecule has 1 amide bonds. The van der Waals surface area contributed by atoms with Gasteiger partial charge < -0.3 is 20.1 Å². The maximum atomic E-state index is 12.5. The number of carbonyl (C=O) groups excluding carboxylic acids is 3. The van der Waals surface area contributed by atoms with Crippen LogP contribution >= 0.6 is 0 Å². The summed E-state index contributed by atoms with van der Waals surface area (Å²) in [5, 5.41) is 4.70. The van der Waals surface area contributed by atoms with Crippen LogP contribution in [-0.4, -0.2) is 52.0 Å². The fourth-order valence-corrected chi connectivity index (χ4v) is 4.14. The van der Waals surface area contributed by atoms with Crippen molar-refractivity contribution in [3.05, 3.63) is 72.3 Å². The largest absolute Gasteiger partial charge is 0.462 e. The van der Waals surface area contributed by atoms with Gasteiger partial charge in [0.1, 0.15) is 29.6 Å². The van der Waals surface area contributed by atoms with Crippen LogP contribution in [0.15, 0.2) is 66.7 Å². The highest BCUT2D eigenvalue weighted by Gasteiger charge is 2.31. The Morgan fingerprint density at radius 2 is 1.75 bits per heavy atom. The number of likely N-dealkylation sites (tertiary alicyclic amines) is 1. The number of amides is 1. The molecule has 1 saturated heterocycles. The molecule has 0 bridgehead atoms. The average Bonchev–Trinajstić information content (AvgIpc) is 3.47. The third-order valence-corrected chi connectivity index (χ3v) is 5.87. The number of nitrogen functional groups attached to an aromatic ring is 1. The Kier molecular flexibility index (Phi) is 7.48. The fourth-order valence-electron chi connectivity index (χ4n) is 4.14. The van der Waals surface area contributed by atoms with Gasteiger partial charge in [-0.25, -0.2) is 4.68 Å². The van der Waals surface area contributed by atoms with Gasteiger partial charge in [-0.1, -0.05) is 18.2 Å². The Morgan fingerprint density at radius 1 is 1.06 bits per heavy atom. The lowest BCUT2D eigenvalue weighted by molar-refractivity contribution is -0.139. The molecule has 9 heteroatoms. The van der Waals surface area contributed by atoms with Crippen molar-refractivity contribution in [3.63, 3.8) is 0 Å². The van der Waals surface area contributed by atoms with Gasteiger partial charge in [-0.15, -0.1) is 0 Å². The van der Waals surface area contributed by atoms with Crippen molar-refractivity contribution in [2.24, 2.45) is 0 Å². The summed E-state index contributed by atoms with van der Waals surface area (Å²) in [7, 11) is 0. The predicted octanol–water partition coefficient (Wildman–Crippen LogP) is 4.02. The minimum atomic E-state index is -0.405. The van der Waals surface area contributed by atoms with E-state index in [-0.39, 0.29) is 30.2 Å². The molecule has 0 saturated carbocycles. The summed E-state index contributed by atoms with van der Waals surface area (Å²) in [6, 6.07) is 16.6. The molecule has 36 heavy (non-hydrogen) atoms. The molecule has 2 heterocycles. The highest BCUT2D eigenvalue weighted by Crippen LogP contribution is 2.34. The van der Waals surface area contributed by atoms with Crippen molar-refractivity contribution in [1.82, 2.24) is 14.7 Å². The van der Waals surface area contributed by atoms with Crippen molar-refractivity contribution >= 4 is 23.5 Å². The fraction of sp³-hybridized carbons (Fsp3) is 0.259. The Bertz CT molecular complexity index is 1280. The molecular weight excluding hydrogens is 460 g/mol. The number of ether oxygens (including phenoxy) is 2. The average molecular weight is 489 g/mol. The molecule has 9 nitrogen and oxygen atoms in total. The molecule has 2 N–H and O–H groups in total. The highest BCUT2D eigenvalue weighted by molar-refractivity contribution is 6.04. The number of para-hydroxylation sites is 1. The van der Waals surface area contributed by atoms with Crippen LogP contribution in [-0.2, 0) is 14.3 Å². The first-order valence-corrected chi connectivity index (χ1v) is 11.6. The second-order valence-electron chi connectivity index (χ2n) is 8.48. The van der Waals surface area contributed by atoms with Gasteiger partial charge >= 0.3 is 5.97 Å². The first-order valence-electron chi connectivity index (χ1n) is 11.6. The van der Waals surface area contributed by atoms with Crippen molar-refractivity contribution in [1.29, 1.82) is 0 Å². The number of aromatic nitrogens is 2.